The Morgan fingerprint density at radius 3 is 2.71 bits per heavy atom. The number of anilines is 2. The van der Waals surface area contributed by atoms with Crippen LogP contribution >= 0.6 is 11.6 Å². The first kappa shape index (κ1) is 31.0. The lowest BCUT2D eigenvalue weighted by Crippen LogP contribution is -2.57. The third-order valence-corrected chi connectivity index (χ3v) is 9.43. The third kappa shape index (κ3) is 6.27. The van der Waals surface area contributed by atoms with E-state index in [0.717, 1.165) is 40.1 Å². The molecule has 0 unspecified atom stereocenters. The molecule has 3 aliphatic rings. The van der Waals surface area contributed by atoms with Crippen LogP contribution < -0.4 is 14.5 Å². The Kier molecular flexibility index (Phi) is 9.08. The maximum Gasteiger partial charge on any atom is 0.318 e. The molecule has 2 saturated heterocycles. The molecule has 45 heavy (non-hydrogen) atoms. The van der Waals surface area contributed by atoms with Crippen molar-refractivity contribution in [1.82, 2.24) is 19.8 Å². The molecular formula is C33H37ClFN7O3. The molecule has 0 spiro atoms. The van der Waals surface area contributed by atoms with Gasteiger partial charge in [0.15, 0.2) is 5.83 Å². The Balaban J connectivity index is 1.32. The van der Waals surface area contributed by atoms with Crippen LogP contribution in [0.5, 0.6) is 6.01 Å². The van der Waals surface area contributed by atoms with Crippen LogP contribution in [0.25, 0.3) is 15.6 Å². The van der Waals surface area contributed by atoms with E-state index in [1.807, 2.05) is 18.2 Å². The van der Waals surface area contributed by atoms with E-state index in [1.165, 1.54) is 4.90 Å². The van der Waals surface area contributed by atoms with Crippen molar-refractivity contribution in [3.8, 4) is 6.01 Å². The summed E-state index contributed by atoms with van der Waals surface area (Å²) in [6.45, 7) is 16.9. The third-order valence-electron chi connectivity index (χ3n) is 9.12. The summed E-state index contributed by atoms with van der Waals surface area (Å²) in [5.41, 5.74) is 2.91. The summed E-state index contributed by atoms with van der Waals surface area (Å²) in [5.74, 6) is -1.05. The van der Waals surface area contributed by atoms with E-state index in [1.54, 1.807) is 0 Å². The van der Waals surface area contributed by atoms with Crippen molar-refractivity contribution in [3.05, 3.63) is 76.5 Å². The van der Waals surface area contributed by atoms with Gasteiger partial charge < -0.3 is 29.0 Å². The topological polar surface area (TPSA) is 78.6 Å². The van der Waals surface area contributed by atoms with Crippen molar-refractivity contribution >= 4 is 39.8 Å². The molecular weight excluding hydrogens is 597 g/mol. The first-order valence-electron chi connectivity index (χ1n) is 15.2. The van der Waals surface area contributed by atoms with Crippen LogP contribution in [0.1, 0.15) is 18.2 Å². The average Bonchev–Trinajstić information content (AvgIpc) is 3.01. The minimum Gasteiger partial charge on any atom is -0.462 e. The standard InChI is InChI=1S/C33H37ClFN7O3/c1-21(39(4)25-19-44-20-25)18-45-33-37-28-17-40(29-10-6-8-23-7-5-9-27(34)30(23)29)12-11-26(28)31(38-33)41-13-14-42(32(43)22(2)35)24(16-41)15-36-3/h5-10,21,24-25H,2,11-20H2,1,4H3/t21-,24+/m1/s1. The molecule has 4 heterocycles. The minimum absolute atomic E-state index is 0.0521. The largest absolute Gasteiger partial charge is 0.462 e. The van der Waals surface area contributed by atoms with Crippen LogP contribution in [0, 0.1) is 6.57 Å². The van der Waals surface area contributed by atoms with Gasteiger partial charge in [-0.1, -0.05) is 42.4 Å². The first-order chi connectivity index (χ1) is 21.7. The number of ether oxygens (including phenoxy) is 2. The summed E-state index contributed by atoms with van der Waals surface area (Å²) in [6, 6.07) is 12.4. The second-order valence-corrected chi connectivity index (χ2v) is 12.3. The predicted octanol–water partition coefficient (Wildman–Crippen LogP) is 4.36. The number of benzene rings is 2. The first-order valence-corrected chi connectivity index (χ1v) is 15.6. The van der Waals surface area contributed by atoms with E-state index < -0.39 is 17.8 Å². The normalized spacial score (nSPS) is 19.2. The molecule has 1 aromatic heterocycles. The summed E-state index contributed by atoms with van der Waals surface area (Å²) in [4.78, 5) is 34.0. The molecule has 10 nitrogen and oxygen atoms in total. The lowest BCUT2D eigenvalue weighted by Gasteiger charge is -2.41. The van der Waals surface area contributed by atoms with Crippen molar-refractivity contribution in [3.63, 3.8) is 0 Å². The van der Waals surface area contributed by atoms with E-state index in [-0.39, 0.29) is 25.1 Å². The molecule has 3 aliphatic heterocycles. The van der Waals surface area contributed by atoms with Gasteiger partial charge in [-0.2, -0.15) is 9.97 Å². The van der Waals surface area contributed by atoms with Gasteiger partial charge in [0, 0.05) is 48.9 Å². The zero-order valence-electron chi connectivity index (χ0n) is 25.6. The number of aromatic nitrogens is 2. The number of carbonyl (C=O) groups excluding carboxylic acids is 1. The van der Waals surface area contributed by atoms with Crippen LogP contribution in [0.2, 0.25) is 5.02 Å². The van der Waals surface area contributed by atoms with Crippen molar-refractivity contribution in [2.24, 2.45) is 0 Å². The number of likely N-dealkylation sites (N-methyl/N-ethyl adjacent to an activating group) is 1. The fraction of sp³-hybridized carbons (Fsp3) is 0.455. The SMILES string of the molecule is [C-]#[N+]C[C@H]1CN(c2nc(OC[C@@H](C)N(C)C3COC3)nc3c2CCN(c2cccc4cccc(Cl)c24)C3)CCN1C(=O)C(=C)F. The highest BCUT2D eigenvalue weighted by atomic mass is 35.5. The van der Waals surface area contributed by atoms with Crippen molar-refractivity contribution in [1.29, 1.82) is 0 Å². The molecule has 6 rings (SSSR count). The quantitative estimate of drug-likeness (QED) is 0.254. The van der Waals surface area contributed by atoms with Gasteiger partial charge >= 0.3 is 6.01 Å². The monoisotopic (exact) mass is 633 g/mol. The zero-order chi connectivity index (χ0) is 31.7. The maximum absolute atomic E-state index is 13.8. The molecule has 0 saturated carbocycles. The van der Waals surface area contributed by atoms with Gasteiger partial charge in [0.05, 0.1) is 36.5 Å². The molecule has 0 N–H and O–H groups in total. The lowest BCUT2D eigenvalue weighted by molar-refractivity contribution is -0.131. The fourth-order valence-corrected chi connectivity index (χ4v) is 6.60. The molecule has 1 amide bonds. The second-order valence-electron chi connectivity index (χ2n) is 11.9. The number of amides is 1. The summed E-state index contributed by atoms with van der Waals surface area (Å²) < 4.78 is 25.5. The number of halogens is 2. The van der Waals surface area contributed by atoms with E-state index in [2.05, 4.69) is 58.3 Å². The van der Waals surface area contributed by atoms with Crippen LogP contribution in [-0.4, -0.2) is 103 Å². The molecule has 2 atom stereocenters. The molecule has 12 heteroatoms. The zero-order valence-corrected chi connectivity index (χ0v) is 26.3. The molecule has 3 aromatic rings. The van der Waals surface area contributed by atoms with Crippen molar-refractivity contribution < 1.29 is 18.7 Å². The van der Waals surface area contributed by atoms with Crippen LogP contribution in [0.3, 0.4) is 0 Å². The summed E-state index contributed by atoms with van der Waals surface area (Å²) in [7, 11) is 2.07. The Hall–Kier alpha value is -3.98. The van der Waals surface area contributed by atoms with Gasteiger partial charge in [0.1, 0.15) is 18.5 Å². The highest BCUT2D eigenvalue weighted by Crippen LogP contribution is 2.37. The van der Waals surface area contributed by atoms with Gasteiger partial charge in [-0.05, 0) is 37.9 Å². The predicted molar refractivity (Wildman–Crippen MR) is 173 cm³/mol. The number of rotatable bonds is 9. The number of fused-ring (bicyclic) bond motifs is 2. The summed E-state index contributed by atoms with van der Waals surface area (Å²) >= 11 is 6.69. The summed E-state index contributed by atoms with van der Waals surface area (Å²) in [6.07, 6.45) is 0.681. The van der Waals surface area contributed by atoms with E-state index >= 15 is 0 Å². The smallest absolute Gasteiger partial charge is 0.318 e. The van der Waals surface area contributed by atoms with Crippen LogP contribution in [0.4, 0.5) is 15.9 Å². The Morgan fingerprint density at radius 1 is 1.22 bits per heavy atom. The van der Waals surface area contributed by atoms with Crippen LogP contribution in [-0.2, 0) is 22.5 Å². The second kappa shape index (κ2) is 13.2. The molecule has 236 valence electrons. The fourth-order valence-electron chi connectivity index (χ4n) is 6.32. The van der Waals surface area contributed by atoms with Crippen molar-refractivity contribution in [2.75, 3.05) is 69.4 Å². The molecule has 2 aromatic carbocycles. The minimum atomic E-state index is -1.02. The number of piperazine rings is 1. The number of hydrogen-bond donors (Lipinski definition) is 0. The average molecular weight is 634 g/mol. The Bertz CT molecular complexity index is 1640. The van der Waals surface area contributed by atoms with Crippen LogP contribution in [0.15, 0.2) is 48.8 Å². The van der Waals surface area contributed by atoms with E-state index in [4.69, 9.17) is 37.6 Å². The van der Waals surface area contributed by atoms with Gasteiger partial charge in [0.25, 0.3) is 5.91 Å². The highest BCUT2D eigenvalue weighted by Gasteiger charge is 2.36. The number of carbonyl (C=O) groups is 1. The number of nitrogens with zero attached hydrogens (tertiary/aromatic N) is 7. The Morgan fingerprint density at radius 2 is 2.00 bits per heavy atom. The number of hydrogen-bond acceptors (Lipinski definition) is 8. The van der Waals surface area contributed by atoms with Gasteiger partial charge in [-0.15, -0.1) is 0 Å². The molecule has 2 fully saturated rings. The highest BCUT2D eigenvalue weighted by molar-refractivity contribution is 6.36. The molecule has 0 radical (unpaired) electrons. The summed E-state index contributed by atoms with van der Waals surface area (Å²) in [5, 5.41) is 2.78. The van der Waals surface area contributed by atoms with Gasteiger partial charge in [-0.3, -0.25) is 9.69 Å². The van der Waals surface area contributed by atoms with E-state index in [0.29, 0.717) is 56.9 Å². The van der Waals surface area contributed by atoms with E-state index in [9.17, 15) is 9.18 Å². The van der Waals surface area contributed by atoms with Crippen molar-refractivity contribution in [2.45, 2.75) is 38.0 Å². The van der Waals surface area contributed by atoms with Gasteiger partial charge in [0.2, 0.25) is 6.54 Å². The lowest BCUT2D eigenvalue weighted by atomic mass is 10.0. The molecule has 0 bridgehead atoms. The maximum atomic E-state index is 13.8. The molecule has 0 aliphatic carbocycles. The van der Waals surface area contributed by atoms with Gasteiger partial charge in [-0.25, -0.2) is 11.0 Å². The Labute approximate surface area is 267 Å².